The number of hydrogen-bond acceptors (Lipinski definition) is 0. The van der Waals surface area contributed by atoms with Gasteiger partial charge in [-0.25, -0.2) is 0 Å². The Morgan fingerprint density at radius 2 is 0.765 bits per heavy atom. The Morgan fingerprint density at radius 3 is 1.00 bits per heavy atom. The highest BCUT2D eigenvalue weighted by atomic mass is 14.0. The van der Waals surface area contributed by atoms with Crippen molar-refractivity contribution in [3.63, 3.8) is 0 Å². The van der Waals surface area contributed by atoms with Crippen molar-refractivity contribution in [2.75, 3.05) is 0 Å². The first-order valence-electron chi connectivity index (χ1n) is 6.07. The average molecular weight is 233 g/mol. The van der Waals surface area contributed by atoms with E-state index < -0.39 is 0 Å². The SMILES string of the molecule is C.CC.CC.[2HH].c1ccc(-c2ccccc2)cc1. The molecule has 0 nitrogen and oxygen atoms in total. The lowest BCUT2D eigenvalue weighted by Gasteiger charge is -1.98. The minimum absolute atomic E-state index is 0. The number of benzene rings is 2. The van der Waals surface area contributed by atoms with Gasteiger partial charge in [-0.15, -0.1) is 0 Å². The van der Waals surface area contributed by atoms with E-state index in [1.807, 2.05) is 39.8 Å². The third-order valence-electron chi connectivity index (χ3n) is 1.88. The molecule has 0 aromatic heterocycles. The van der Waals surface area contributed by atoms with Gasteiger partial charge in [-0.1, -0.05) is 95.8 Å². The van der Waals surface area contributed by atoms with Crippen molar-refractivity contribution in [3.05, 3.63) is 60.7 Å². The maximum atomic E-state index is 2.12. The monoisotopic (exact) mass is 233 g/mol. The average Bonchev–Trinajstić information content (AvgIpc) is 2.45. The molecular weight excluding hydrogens is 204 g/mol. The quantitative estimate of drug-likeness (QED) is 0.543. The van der Waals surface area contributed by atoms with Gasteiger partial charge in [-0.2, -0.15) is 0 Å². The molecule has 0 heterocycles. The summed E-state index contributed by atoms with van der Waals surface area (Å²) < 4.78 is 0. The van der Waals surface area contributed by atoms with Crippen molar-refractivity contribution in [1.29, 1.82) is 0 Å². The highest BCUT2D eigenvalue weighted by Gasteiger charge is 1.91. The standard InChI is InChI=1S/C12H10.2C2H6.CH4.H2/c1-3-7-11(8-4-1)12-9-5-2-6-10-12;2*1-2;;/h1-10H;2*1-2H3;1H4;1H/i;;;;1+1. The molecule has 2 rings (SSSR count). The van der Waals surface area contributed by atoms with Gasteiger partial charge < -0.3 is 0 Å². The van der Waals surface area contributed by atoms with Crippen molar-refractivity contribution >= 4 is 0 Å². The van der Waals surface area contributed by atoms with E-state index in [4.69, 9.17) is 0 Å². The van der Waals surface area contributed by atoms with Gasteiger partial charge >= 0.3 is 0 Å². The first-order valence-corrected chi connectivity index (χ1v) is 6.07. The van der Waals surface area contributed by atoms with Crippen LogP contribution in [0.3, 0.4) is 0 Å². The zero-order valence-corrected chi connectivity index (χ0v) is 10.8. The lowest BCUT2D eigenvalue weighted by atomic mass is 10.1. The molecule has 0 unspecified atom stereocenters. The van der Waals surface area contributed by atoms with E-state index >= 15 is 0 Å². The molecule has 0 atom stereocenters. The van der Waals surface area contributed by atoms with E-state index in [0.717, 1.165) is 0 Å². The van der Waals surface area contributed by atoms with E-state index in [1.165, 1.54) is 11.1 Å². The van der Waals surface area contributed by atoms with Gasteiger partial charge in [0.15, 0.2) is 0 Å². The molecule has 0 amide bonds. The van der Waals surface area contributed by atoms with Gasteiger partial charge in [-0.3, -0.25) is 0 Å². The molecule has 0 saturated carbocycles. The number of rotatable bonds is 1. The van der Waals surface area contributed by atoms with Crippen molar-refractivity contribution < 1.29 is 1.43 Å². The van der Waals surface area contributed by atoms with Crippen molar-refractivity contribution in [2.45, 2.75) is 35.1 Å². The predicted molar refractivity (Wildman–Crippen MR) is 83.4 cm³/mol. The molecule has 0 N–H and O–H groups in total. The summed E-state index contributed by atoms with van der Waals surface area (Å²) in [7, 11) is 0. The van der Waals surface area contributed by atoms with E-state index in [-0.39, 0.29) is 8.85 Å². The minimum atomic E-state index is 0. The summed E-state index contributed by atoms with van der Waals surface area (Å²) in [5.74, 6) is 0. The summed E-state index contributed by atoms with van der Waals surface area (Å²) in [6.45, 7) is 8.00. The second-order valence-corrected chi connectivity index (χ2v) is 2.73. The van der Waals surface area contributed by atoms with E-state index in [2.05, 4.69) is 48.5 Å². The molecule has 2 aromatic rings. The summed E-state index contributed by atoms with van der Waals surface area (Å²) >= 11 is 0. The molecule has 0 fully saturated rings. The first-order chi connectivity index (χ1) is 7.97. The van der Waals surface area contributed by atoms with Crippen LogP contribution >= 0.6 is 0 Å². The smallest absolute Gasteiger partial charge is 0 e. The summed E-state index contributed by atoms with van der Waals surface area (Å²) in [4.78, 5) is 0. The third kappa shape index (κ3) is 6.57. The Bertz CT molecular complexity index is 303. The second-order valence-electron chi connectivity index (χ2n) is 2.73. The molecule has 0 spiro atoms. The molecule has 0 aliphatic heterocycles. The van der Waals surface area contributed by atoms with Gasteiger partial charge in [0.25, 0.3) is 0 Å². The zero-order valence-electron chi connectivity index (χ0n) is 10.8. The van der Waals surface area contributed by atoms with Crippen LogP contribution in [0.15, 0.2) is 60.7 Å². The predicted octanol–water partition coefficient (Wildman–Crippen LogP) is 6.29. The Balaban J connectivity index is -0.000000344. The summed E-state index contributed by atoms with van der Waals surface area (Å²) in [6, 6.07) is 20.8. The molecule has 0 aliphatic rings. The lowest BCUT2D eigenvalue weighted by Crippen LogP contribution is -1.73. The fourth-order valence-electron chi connectivity index (χ4n) is 1.26. The molecule has 0 saturated heterocycles. The van der Waals surface area contributed by atoms with Crippen LogP contribution in [-0.2, 0) is 0 Å². The van der Waals surface area contributed by atoms with E-state index in [1.54, 1.807) is 0 Å². The van der Waals surface area contributed by atoms with Crippen LogP contribution in [0.25, 0.3) is 11.1 Å². The molecular formula is C17H28. The Labute approximate surface area is 109 Å². The van der Waals surface area contributed by atoms with Crippen LogP contribution in [0.4, 0.5) is 0 Å². The van der Waals surface area contributed by atoms with Gasteiger partial charge in [0.05, 0.1) is 0 Å². The van der Waals surface area contributed by atoms with Gasteiger partial charge in [0, 0.05) is 1.43 Å². The van der Waals surface area contributed by atoms with Crippen molar-refractivity contribution in [2.24, 2.45) is 0 Å². The zero-order chi connectivity index (χ0) is 12.2. The van der Waals surface area contributed by atoms with E-state index in [0.29, 0.717) is 0 Å². The van der Waals surface area contributed by atoms with Crippen LogP contribution in [0.1, 0.15) is 36.5 Å². The normalized spacial score (nSPS) is 7.53. The maximum absolute atomic E-state index is 2.12. The topological polar surface area (TPSA) is 0 Å². The van der Waals surface area contributed by atoms with Crippen LogP contribution in [0.5, 0.6) is 0 Å². The first kappa shape index (κ1) is 17.8. The highest BCUT2D eigenvalue weighted by molar-refractivity contribution is 5.62. The Hall–Kier alpha value is -1.56. The summed E-state index contributed by atoms with van der Waals surface area (Å²) in [5, 5.41) is 0. The molecule has 0 radical (unpaired) electrons. The molecule has 2 aromatic carbocycles. The van der Waals surface area contributed by atoms with Crippen molar-refractivity contribution in [3.8, 4) is 11.1 Å². The highest BCUT2D eigenvalue weighted by Crippen LogP contribution is 2.17. The number of hydrogen-bond donors (Lipinski definition) is 0. The summed E-state index contributed by atoms with van der Waals surface area (Å²) in [5.41, 5.74) is 2.55. The van der Waals surface area contributed by atoms with Gasteiger partial charge in [0.1, 0.15) is 0 Å². The molecule has 96 valence electrons. The largest absolute Gasteiger partial charge is 0.0776 e. The van der Waals surface area contributed by atoms with Crippen LogP contribution in [0, 0.1) is 0 Å². The molecule has 17 heavy (non-hydrogen) atoms. The fourth-order valence-corrected chi connectivity index (χ4v) is 1.26. The Morgan fingerprint density at radius 1 is 0.529 bits per heavy atom. The minimum Gasteiger partial charge on any atom is -0.0776 e. The summed E-state index contributed by atoms with van der Waals surface area (Å²) in [6.07, 6.45) is 0. The van der Waals surface area contributed by atoms with Crippen LogP contribution in [0.2, 0.25) is 0 Å². The fraction of sp³-hybridized carbons (Fsp3) is 0.294. The van der Waals surface area contributed by atoms with Crippen LogP contribution < -0.4 is 0 Å². The Kier molecular flexibility index (Phi) is 13.1. The third-order valence-corrected chi connectivity index (χ3v) is 1.88. The molecule has 0 bridgehead atoms. The molecule has 0 aliphatic carbocycles. The molecule has 0 heteroatoms. The van der Waals surface area contributed by atoms with Crippen molar-refractivity contribution in [1.82, 2.24) is 0 Å². The maximum Gasteiger partial charge on any atom is 0 e. The van der Waals surface area contributed by atoms with E-state index in [9.17, 15) is 0 Å². The van der Waals surface area contributed by atoms with Gasteiger partial charge in [-0.05, 0) is 11.1 Å². The lowest BCUT2D eigenvalue weighted by molar-refractivity contribution is 1.50. The van der Waals surface area contributed by atoms with Crippen LogP contribution in [-0.4, -0.2) is 0 Å². The second kappa shape index (κ2) is 12.5. The van der Waals surface area contributed by atoms with Gasteiger partial charge in [0.2, 0.25) is 0 Å².